The molecule has 1 heterocycles. The number of aromatic nitrogens is 1. The average Bonchev–Trinajstić information content (AvgIpc) is 2.61. The second-order valence-corrected chi connectivity index (χ2v) is 4.80. The Balaban J connectivity index is 2.41. The molecule has 78 valence electrons. The highest BCUT2D eigenvalue weighted by atomic mass is 32.1. The van der Waals surface area contributed by atoms with Gasteiger partial charge in [-0.05, 0) is 13.8 Å². The van der Waals surface area contributed by atoms with Crippen molar-refractivity contribution in [2.75, 3.05) is 0 Å². The fourth-order valence-corrected chi connectivity index (χ4v) is 2.38. The molecule has 15 heavy (non-hydrogen) atoms. The summed E-state index contributed by atoms with van der Waals surface area (Å²) in [5, 5.41) is 1.06. The summed E-state index contributed by atoms with van der Waals surface area (Å²) in [5.74, 6) is 0. The molecule has 0 aliphatic heterocycles. The molecule has 0 atom stereocenters. The molecule has 0 fully saturated rings. The van der Waals surface area contributed by atoms with Crippen LogP contribution in [0.2, 0.25) is 0 Å². The molecule has 1 aromatic heterocycles. The first-order valence-corrected chi connectivity index (χ1v) is 5.76. The van der Waals surface area contributed by atoms with Crippen LogP contribution >= 0.6 is 11.3 Å². The third-order valence-corrected chi connectivity index (χ3v) is 3.45. The van der Waals surface area contributed by atoms with E-state index in [1.807, 2.05) is 0 Å². The van der Waals surface area contributed by atoms with Gasteiger partial charge in [-0.25, -0.2) is 4.98 Å². The molecule has 0 unspecified atom stereocenters. The van der Waals surface area contributed by atoms with Gasteiger partial charge in [-0.1, -0.05) is 29.8 Å². The number of thiazole rings is 1. The largest absolute Gasteiger partial charge is 0.325 e. The van der Waals surface area contributed by atoms with E-state index in [0.717, 1.165) is 10.7 Å². The molecule has 1 aromatic carbocycles. The van der Waals surface area contributed by atoms with E-state index >= 15 is 0 Å². The molecule has 2 rings (SSSR count). The number of rotatable bonds is 2. The van der Waals surface area contributed by atoms with E-state index in [2.05, 4.69) is 43.1 Å². The molecular weight excluding hydrogens is 204 g/mol. The Morgan fingerprint density at radius 1 is 1.20 bits per heavy atom. The molecule has 0 amide bonds. The van der Waals surface area contributed by atoms with E-state index < -0.39 is 0 Å². The summed E-state index contributed by atoms with van der Waals surface area (Å²) in [6.45, 7) is 4.67. The van der Waals surface area contributed by atoms with Crippen molar-refractivity contribution in [1.29, 1.82) is 0 Å². The fraction of sp³-hybridized carbons (Fsp3) is 0.250. The summed E-state index contributed by atoms with van der Waals surface area (Å²) < 4.78 is 0. The minimum Gasteiger partial charge on any atom is -0.325 e. The predicted molar refractivity (Wildman–Crippen MR) is 64.9 cm³/mol. The van der Waals surface area contributed by atoms with Gasteiger partial charge in [-0.3, -0.25) is 0 Å². The van der Waals surface area contributed by atoms with Gasteiger partial charge in [0.15, 0.2) is 0 Å². The van der Waals surface area contributed by atoms with Crippen molar-refractivity contribution in [1.82, 2.24) is 4.98 Å². The van der Waals surface area contributed by atoms with E-state index in [4.69, 9.17) is 5.73 Å². The van der Waals surface area contributed by atoms with Crippen LogP contribution in [0.4, 0.5) is 0 Å². The molecule has 0 aliphatic rings. The first-order chi connectivity index (χ1) is 7.20. The molecule has 3 heteroatoms. The number of aryl methyl sites for hydroxylation is 2. The quantitative estimate of drug-likeness (QED) is 0.841. The zero-order valence-electron chi connectivity index (χ0n) is 8.95. The topological polar surface area (TPSA) is 38.9 Å². The Morgan fingerprint density at radius 3 is 2.40 bits per heavy atom. The van der Waals surface area contributed by atoms with Gasteiger partial charge in [0.05, 0.1) is 5.69 Å². The van der Waals surface area contributed by atoms with Crippen LogP contribution in [0.15, 0.2) is 24.3 Å². The lowest BCUT2D eigenvalue weighted by Gasteiger charge is -1.96. The van der Waals surface area contributed by atoms with Gasteiger partial charge in [-0.15, -0.1) is 11.3 Å². The van der Waals surface area contributed by atoms with Gasteiger partial charge in [-0.2, -0.15) is 0 Å². The van der Waals surface area contributed by atoms with Crippen molar-refractivity contribution in [3.8, 4) is 10.6 Å². The second-order valence-electron chi connectivity index (χ2n) is 3.59. The van der Waals surface area contributed by atoms with Crippen molar-refractivity contribution in [2.45, 2.75) is 20.4 Å². The lowest BCUT2D eigenvalue weighted by Crippen LogP contribution is -1.97. The summed E-state index contributed by atoms with van der Waals surface area (Å²) in [6, 6.07) is 8.42. The Labute approximate surface area is 93.8 Å². The van der Waals surface area contributed by atoms with Crippen LogP contribution in [0.1, 0.15) is 16.1 Å². The maximum Gasteiger partial charge on any atom is 0.123 e. The van der Waals surface area contributed by atoms with Crippen molar-refractivity contribution in [2.24, 2.45) is 5.73 Å². The maximum absolute atomic E-state index is 5.61. The standard InChI is InChI=1S/C12H14N2S/c1-8-3-5-10(6-4-8)12-14-11(7-13)9(2)15-12/h3-6H,7,13H2,1-2H3. The van der Waals surface area contributed by atoms with Gasteiger partial charge in [0.25, 0.3) is 0 Å². The molecule has 0 radical (unpaired) electrons. The third kappa shape index (κ3) is 2.08. The van der Waals surface area contributed by atoms with Crippen LogP contribution in [-0.2, 0) is 6.54 Å². The molecule has 0 saturated heterocycles. The zero-order chi connectivity index (χ0) is 10.8. The van der Waals surface area contributed by atoms with E-state index in [-0.39, 0.29) is 0 Å². The van der Waals surface area contributed by atoms with Gasteiger partial charge in [0, 0.05) is 17.0 Å². The highest BCUT2D eigenvalue weighted by Crippen LogP contribution is 2.27. The fourth-order valence-electron chi connectivity index (χ4n) is 1.44. The average molecular weight is 218 g/mol. The van der Waals surface area contributed by atoms with Gasteiger partial charge in [0.2, 0.25) is 0 Å². The maximum atomic E-state index is 5.61. The third-order valence-electron chi connectivity index (χ3n) is 2.38. The highest BCUT2D eigenvalue weighted by Gasteiger charge is 2.07. The van der Waals surface area contributed by atoms with Crippen molar-refractivity contribution >= 4 is 11.3 Å². The Hall–Kier alpha value is -1.19. The Bertz CT molecular complexity index is 457. The van der Waals surface area contributed by atoms with E-state index in [0.29, 0.717) is 6.54 Å². The van der Waals surface area contributed by atoms with Crippen LogP contribution in [-0.4, -0.2) is 4.98 Å². The Morgan fingerprint density at radius 2 is 1.87 bits per heavy atom. The van der Waals surface area contributed by atoms with Gasteiger partial charge < -0.3 is 5.73 Å². The minimum atomic E-state index is 0.522. The summed E-state index contributed by atoms with van der Waals surface area (Å²) in [7, 11) is 0. The number of hydrogen-bond donors (Lipinski definition) is 1. The van der Waals surface area contributed by atoms with Gasteiger partial charge in [0.1, 0.15) is 5.01 Å². The number of nitrogens with two attached hydrogens (primary N) is 1. The zero-order valence-corrected chi connectivity index (χ0v) is 9.77. The van der Waals surface area contributed by atoms with Crippen molar-refractivity contribution < 1.29 is 0 Å². The molecule has 2 nitrogen and oxygen atoms in total. The monoisotopic (exact) mass is 218 g/mol. The minimum absolute atomic E-state index is 0.522. The lowest BCUT2D eigenvalue weighted by atomic mass is 10.2. The smallest absolute Gasteiger partial charge is 0.123 e. The number of nitrogens with zero attached hydrogens (tertiary/aromatic N) is 1. The van der Waals surface area contributed by atoms with Crippen LogP contribution < -0.4 is 5.73 Å². The summed E-state index contributed by atoms with van der Waals surface area (Å²) >= 11 is 1.71. The molecular formula is C12H14N2S. The second kappa shape index (κ2) is 4.13. The normalized spacial score (nSPS) is 10.6. The van der Waals surface area contributed by atoms with Crippen LogP contribution in [0.5, 0.6) is 0 Å². The predicted octanol–water partition coefficient (Wildman–Crippen LogP) is 2.89. The highest BCUT2D eigenvalue weighted by molar-refractivity contribution is 7.15. The SMILES string of the molecule is Cc1ccc(-c2nc(CN)c(C)s2)cc1. The van der Waals surface area contributed by atoms with Crippen molar-refractivity contribution in [3.05, 3.63) is 40.4 Å². The molecule has 2 aromatic rings. The Kier molecular flexibility index (Phi) is 2.84. The van der Waals surface area contributed by atoms with Crippen LogP contribution in [0.25, 0.3) is 10.6 Å². The molecule has 0 bridgehead atoms. The molecule has 2 N–H and O–H groups in total. The first-order valence-electron chi connectivity index (χ1n) is 4.94. The number of benzene rings is 1. The van der Waals surface area contributed by atoms with Crippen LogP contribution in [0, 0.1) is 13.8 Å². The summed E-state index contributed by atoms with van der Waals surface area (Å²) in [6.07, 6.45) is 0. The van der Waals surface area contributed by atoms with Crippen LogP contribution in [0.3, 0.4) is 0 Å². The summed E-state index contributed by atoms with van der Waals surface area (Å²) in [4.78, 5) is 5.74. The van der Waals surface area contributed by atoms with Gasteiger partial charge >= 0.3 is 0 Å². The number of hydrogen-bond acceptors (Lipinski definition) is 3. The first kappa shape index (κ1) is 10.3. The summed E-state index contributed by atoms with van der Waals surface area (Å²) in [5.41, 5.74) is 9.06. The van der Waals surface area contributed by atoms with E-state index in [9.17, 15) is 0 Å². The van der Waals surface area contributed by atoms with Crippen molar-refractivity contribution in [3.63, 3.8) is 0 Å². The lowest BCUT2D eigenvalue weighted by molar-refractivity contribution is 0.998. The van der Waals surface area contributed by atoms with E-state index in [1.165, 1.54) is 16.0 Å². The molecule has 0 aliphatic carbocycles. The molecule has 0 spiro atoms. The van der Waals surface area contributed by atoms with E-state index in [1.54, 1.807) is 11.3 Å². The molecule has 0 saturated carbocycles.